The van der Waals surface area contributed by atoms with Gasteiger partial charge in [-0.3, -0.25) is 4.79 Å². The molecule has 0 aliphatic carbocycles. The Morgan fingerprint density at radius 3 is 2.87 bits per heavy atom. The first-order valence-corrected chi connectivity index (χ1v) is 6.21. The Balaban J connectivity index is 2.28. The van der Waals surface area contributed by atoms with Crippen LogP contribution in [-0.2, 0) is 0 Å². The highest BCUT2D eigenvalue weighted by Gasteiger charge is 2.08. The maximum Gasteiger partial charge on any atom is 0.275 e. The van der Waals surface area contributed by atoms with Crippen molar-refractivity contribution in [2.45, 2.75) is 32.6 Å². The lowest BCUT2D eigenvalue weighted by atomic mass is 10.2. The summed E-state index contributed by atoms with van der Waals surface area (Å²) in [5.41, 5.74) is 0. The number of aromatic nitrogens is 1. The van der Waals surface area contributed by atoms with E-state index < -0.39 is 0 Å². The van der Waals surface area contributed by atoms with Crippen LogP contribution in [0, 0.1) is 0 Å². The van der Waals surface area contributed by atoms with E-state index in [9.17, 15) is 4.79 Å². The van der Waals surface area contributed by atoms with Crippen LogP contribution in [0.15, 0.2) is 0 Å². The van der Waals surface area contributed by atoms with E-state index in [4.69, 9.17) is 16.3 Å². The van der Waals surface area contributed by atoms with Gasteiger partial charge < -0.3 is 4.74 Å². The fourth-order valence-electron chi connectivity index (χ4n) is 1.12. The third-order valence-corrected chi connectivity index (χ3v) is 3.21. The Labute approximate surface area is 98.4 Å². The highest BCUT2D eigenvalue weighted by molar-refractivity contribution is 7.15. The van der Waals surface area contributed by atoms with Crippen LogP contribution in [0.3, 0.4) is 0 Å². The highest BCUT2D eigenvalue weighted by atomic mass is 35.5. The van der Waals surface area contributed by atoms with E-state index in [2.05, 4.69) is 11.9 Å². The molecule has 0 amide bonds. The summed E-state index contributed by atoms with van der Waals surface area (Å²) in [5, 5.41) is 0.720. The molecule has 5 heteroatoms. The topological polar surface area (TPSA) is 39.2 Å². The largest absolute Gasteiger partial charge is 0.470 e. The second kappa shape index (κ2) is 6.80. The molecule has 0 unspecified atom stereocenters. The van der Waals surface area contributed by atoms with Crippen LogP contribution in [0.25, 0.3) is 0 Å². The van der Waals surface area contributed by atoms with Crippen molar-refractivity contribution in [3.63, 3.8) is 0 Å². The maximum absolute atomic E-state index is 10.5. The van der Waals surface area contributed by atoms with Gasteiger partial charge in [-0.05, 0) is 6.42 Å². The predicted octanol–water partition coefficient (Wildman–Crippen LogP) is 3.57. The fraction of sp³-hybridized carbons (Fsp3) is 0.600. The lowest BCUT2D eigenvalue weighted by Gasteiger charge is -2.00. The summed E-state index contributed by atoms with van der Waals surface area (Å²) < 4.78 is 5.38. The number of carbonyl (C=O) groups excluding carboxylic acids is 1. The Kier molecular flexibility index (Phi) is 5.65. The monoisotopic (exact) mass is 247 g/mol. The first kappa shape index (κ1) is 12.5. The summed E-state index contributed by atoms with van der Waals surface area (Å²) >= 11 is 6.89. The standard InChI is InChI=1S/C10H14ClNO2S/c1-2-3-4-5-6-14-10-12-9(11)8(7-13)15-10/h7H,2-6H2,1H3. The molecule has 0 aliphatic rings. The molecule has 1 aromatic rings. The molecule has 1 rings (SSSR count). The summed E-state index contributed by atoms with van der Waals surface area (Å²) in [7, 11) is 0. The van der Waals surface area contributed by atoms with E-state index in [-0.39, 0.29) is 5.15 Å². The molecule has 0 aromatic carbocycles. The van der Waals surface area contributed by atoms with Gasteiger partial charge in [-0.2, -0.15) is 4.98 Å². The molecule has 3 nitrogen and oxygen atoms in total. The van der Waals surface area contributed by atoms with E-state index in [0.717, 1.165) is 12.8 Å². The molecule has 15 heavy (non-hydrogen) atoms. The molecule has 0 spiro atoms. The second-order valence-electron chi connectivity index (χ2n) is 3.16. The van der Waals surface area contributed by atoms with Gasteiger partial charge in [0, 0.05) is 0 Å². The number of ether oxygens (including phenoxy) is 1. The van der Waals surface area contributed by atoms with Crippen molar-refractivity contribution in [1.82, 2.24) is 4.98 Å². The molecule has 1 heterocycles. The number of hydrogen-bond donors (Lipinski definition) is 0. The van der Waals surface area contributed by atoms with Crippen LogP contribution in [-0.4, -0.2) is 17.9 Å². The Hall–Kier alpha value is -0.610. The molecule has 0 bridgehead atoms. The van der Waals surface area contributed by atoms with Gasteiger partial charge in [0.2, 0.25) is 0 Å². The lowest BCUT2D eigenvalue weighted by Crippen LogP contribution is -1.96. The molecule has 0 N–H and O–H groups in total. The lowest BCUT2D eigenvalue weighted by molar-refractivity contribution is 0.112. The molecule has 0 atom stereocenters. The summed E-state index contributed by atoms with van der Waals surface area (Å²) in [6.45, 7) is 2.81. The van der Waals surface area contributed by atoms with Gasteiger partial charge in [0.25, 0.3) is 5.19 Å². The summed E-state index contributed by atoms with van der Waals surface area (Å²) in [4.78, 5) is 14.8. The number of halogens is 1. The molecule has 0 aliphatic heterocycles. The van der Waals surface area contributed by atoms with Gasteiger partial charge in [0.1, 0.15) is 4.88 Å². The number of rotatable bonds is 7. The zero-order chi connectivity index (χ0) is 11.1. The molecule has 84 valence electrons. The van der Waals surface area contributed by atoms with Crippen molar-refractivity contribution < 1.29 is 9.53 Å². The first-order valence-electron chi connectivity index (χ1n) is 5.02. The molecule has 0 saturated carbocycles. The number of aldehydes is 1. The minimum absolute atomic E-state index is 0.235. The Morgan fingerprint density at radius 2 is 2.27 bits per heavy atom. The third-order valence-electron chi connectivity index (χ3n) is 1.92. The fourth-order valence-corrected chi connectivity index (χ4v) is 2.05. The van der Waals surface area contributed by atoms with Gasteiger partial charge in [-0.15, -0.1) is 0 Å². The second-order valence-corrected chi connectivity index (χ2v) is 4.51. The zero-order valence-electron chi connectivity index (χ0n) is 8.66. The summed E-state index contributed by atoms with van der Waals surface area (Å²) in [5.74, 6) is 0. The van der Waals surface area contributed by atoms with Crippen LogP contribution in [0.1, 0.15) is 42.3 Å². The zero-order valence-corrected chi connectivity index (χ0v) is 10.2. The highest BCUT2D eigenvalue weighted by Crippen LogP contribution is 2.27. The number of unbranched alkanes of at least 4 members (excludes halogenated alkanes) is 3. The van der Waals surface area contributed by atoms with E-state index in [1.54, 1.807) is 0 Å². The van der Waals surface area contributed by atoms with E-state index in [1.807, 2.05) is 0 Å². The van der Waals surface area contributed by atoms with Gasteiger partial charge in [-0.25, -0.2) is 0 Å². The van der Waals surface area contributed by atoms with Crippen LogP contribution >= 0.6 is 22.9 Å². The first-order chi connectivity index (χ1) is 7.27. The van der Waals surface area contributed by atoms with Gasteiger partial charge >= 0.3 is 0 Å². The smallest absolute Gasteiger partial charge is 0.275 e. The quantitative estimate of drug-likeness (QED) is 0.546. The Morgan fingerprint density at radius 1 is 1.47 bits per heavy atom. The van der Waals surface area contributed by atoms with Crippen molar-refractivity contribution in [3.8, 4) is 5.19 Å². The van der Waals surface area contributed by atoms with Crippen molar-refractivity contribution in [3.05, 3.63) is 10.0 Å². The van der Waals surface area contributed by atoms with E-state index in [1.165, 1.54) is 24.2 Å². The minimum Gasteiger partial charge on any atom is -0.470 e. The number of thiazole rings is 1. The molecular formula is C10H14ClNO2S. The predicted molar refractivity (Wildman–Crippen MR) is 62.1 cm³/mol. The maximum atomic E-state index is 10.5. The molecule has 0 fully saturated rings. The van der Waals surface area contributed by atoms with Crippen molar-refractivity contribution in [1.29, 1.82) is 0 Å². The van der Waals surface area contributed by atoms with E-state index >= 15 is 0 Å². The van der Waals surface area contributed by atoms with Gasteiger partial charge in [0.15, 0.2) is 11.4 Å². The van der Waals surface area contributed by atoms with Crippen LogP contribution in [0.2, 0.25) is 5.15 Å². The molecule has 1 aromatic heterocycles. The number of carbonyl (C=O) groups is 1. The molecular weight excluding hydrogens is 234 g/mol. The average Bonchev–Trinajstić information content (AvgIpc) is 2.59. The summed E-state index contributed by atoms with van der Waals surface area (Å²) in [6.07, 6.45) is 5.31. The third kappa shape index (κ3) is 4.18. The van der Waals surface area contributed by atoms with Crippen LogP contribution < -0.4 is 4.74 Å². The van der Waals surface area contributed by atoms with Crippen molar-refractivity contribution in [2.75, 3.05) is 6.61 Å². The van der Waals surface area contributed by atoms with Gasteiger partial charge in [-0.1, -0.05) is 49.1 Å². The van der Waals surface area contributed by atoms with E-state index in [0.29, 0.717) is 23.0 Å². The Bertz CT molecular complexity index is 314. The molecule has 0 radical (unpaired) electrons. The number of nitrogens with zero attached hydrogens (tertiary/aromatic N) is 1. The minimum atomic E-state index is 0.235. The van der Waals surface area contributed by atoms with Crippen molar-refractivity contribution >= 4 is 29.2 Å². The molecule has 0 saturated heterocycles. The SMILES string of the molecule is CCCCCCOc1nc(Cl)c(C=O)s1. The van der Waals surface area contributed by atoms with Crippen LogP contribution in [0.5, 0.6) is 5.19 Å². The van der Waals surface area contributed by atoms with Crippen molar-refractivity contribution in [2.24, 2.45) is 0 Å². The average molecular weight is 248 g/mol. The number of hydrogen-bond acceptors (Lipinski definition) is 4. The van der Waals surface area contributed by atoms with Crippen LogP contribution in [0.4, 0.5) is 0 Å². The normalized spacial score (nSPS) is 10.3. The van der Waals surface area contributed by atoms with Gasteiger partial charge in [0.05, 0.1) is 6.61 Å². The summed E-state index contributed by atoms with van der Waals surface area (Å²) in [6, 6.07) is 0.